The first-order valence-electron chi connectivity index (χ1n) is 9.51. The van der Waals surface area contributed by atoms with Crippen molar-refractivity contribution in [2.45, 2.75) is 25.4 Å². The van der Waals surface area contributed by atoms with Gasteiger partial charge in [0.1, 0.15) is 17.2 Å². The van der Waals surface area contributed by atoms with Gasteiger partial charge in [0.25, 0.3) is 5.56 Å². The molecule has 0 radical (unpaired) electrons. The summed E-state index contributed by atoms with van der Waals surface area (Å²) in [7, 11) is 3.09. The molecule has 1 aliphatic heterocycles. The third-order valence-electron chi connectivity index (χ3n) is 5.62. The molecule has 1 unspecified atom stereocenters. The highest BCUT2D eigenvalue weighted by Crippen LogP contribution is 2.29. The molecule has 9 heteroatoms. The van der Waals surface area contributed by atoms with Crippen LogP contribution in [-0.2, 0) is 20.6 Å². The van der Waals surface area contributed by atoms with Gasteiger partial charge in [-0.2, -0.15) is 0 Å². The molecule has 29 heavy (non-hydrogen) atoms. The fourth-order valence-electron chi connectivity index (χ4n) is 4.05. The zero-order chi connectivity index (χ0) is 20.9. The quantitative estimate of drug-likeness (QED) is 0.702. The number of aryl methyl sites for hydroxylation is 1. The summed E-state index contributed by atoms with van der Waals surface area (Å²) < 4.78 is 18.2. The lowest BCUT2D eigenvalue weighted by molar-refractivity contribution is 0.498. The minimum absolute atomic E-state index is 0.0274. The van der Waals surface area contributed by atoms with E-state index < -0.39 is 17.1 Å². The van der Waals surface area contributed by atoms with E-state index in [9.17, 15) is 14.0 Å². The molecule has 7 nitrogen and oxygen atoms in total. The number of aromatic nitrogens is 3. The Kier molecular flexibility index (Phi) is 5.00. The van der Waals surface area contributed by atoms with E-state index in [1.165, 1.54) is 29.8 Å². The van der Waals surface area contributed by atoms with Crippen LogP contribution in [0.25, 0.3) is 11.0 Å². The molecule has 1 atom stereocenters. The number of piperidine rings is 1. The van der Waals surface area contributed by atoms with Gasteiger partial charge in [0.2, 0.25) is 0 Å². The molecular weight excluding hydrogens is 397 g/mol. The van der Waals surface area contributed by atoms with Gasteiger partial charge < -0.3 is 15.2 Å². The van der Waals surface area contributed by atoms with Crippen LogP contribution in [-0.4, -0.2) is 32.8 Å². The van der Waals surface area contributed by atoms with Crippen molar-refractivity contribution in [3.63, 3.8) is 0 Å². The Morgan fingerprint density at radius 1 is 1.21 bits per heavy atom. The maximum absolute atomic E-state index is 13.9. The zero-order valence-corrected chi connectivity index (χ0v) is 17.1. The minimum Gasteiger partial charge on any atom is -0.356 e. The van der Waals surface area contributed by atoms with Crippen LogP contribution in [0.5, 0.6) is 0 Å². The molecule has 1 saturated heterocycles. The highest BCUT2D eigenvalue weighted by Gasteiger charge is 2.24. The number of halogens is 2. The van der Waals surface area contributed by atoms with Crippen molar-refractivity contribution in [1.82, 2.24) is 13.7 Å². The lowest BCUT2D eigenvalue weighted by atomic mass is 10.1. The second-order valence-corrected chi connectivity index (χ2v) is 8.02. The van der Waals surface area contributed by atoms with Crippen LogP contribution in [0.15, 0.2) is 33.9 Å². The standard InChI is InChI=1S/C20H23ClFN5O2/c1-24-16-9-17(26-7-3-4-14(23)11-26)27(18(16)19(28)25(2)20(24)29)10-12-8-13(22)5-6-15(12)21/h5-6,8-9,14H,3-4,7,10-11,23H2,1-2H3. The number of anilines is 1. The number of rotatable bonds is 3. The second-order valence-electron chi connectivity index (χ2n) is 7.61. The van der Waals surface area contributed by atoms with Crippen molar-refractivity contribution in [3.05, 3.63) is 61.5 Å². The van der Waals surface area contributed by atoms with Crippen molar-refractivity contribution >= 4 is 28.5 Å². The Balaban J connectivity index is 1.98. The molecule has 0 spiro atoms. The van der Waals surface area contributed by atoms with Gasteiger partial charge in [0, 0.05) is 44.3 Å². The molecule has 1 fully saturated rings. The Morgan fingerprint density at radius 3 is 2.69 bits per heavy atom. The lowest BCUT2D eigenvalue weighted by Crippen LogP contribution is -2.43. The number of fused-ring (bicyclic) bond motifs is 1. The third kappa shape index (κ3) is 3.36. The average Bonchev–Trinajstić information content (AvgIpc) is 3.07. The maximum atomic E-state index is 13.9. The number of hydrogen-bond donors (Lipinski definition) is 1. The monoisotopic (exact) mass is 419 g/mol. The van der Waals surface area contributed by atoms with Gasteiger partial charge in [-0.1, -0.05) is 11.6 Å². The SMILES string of the molecule is Cn1c(=O)c2c(cc(N3CCCC(N)C3)n2Cc2cc(F)ccc2Cl)n(C)c1=O. The molecule has 2 aromatic heterocycles. The van der Waals surface area contributed by atoms with Gasteiger partial charge in [0.15, 0.2) is 0 Å². The van der Waals surface area contributed by atoms with Crippen molar-refractivity contribution < 1.29 is 4.39 Å². The van der Waals surface area contributed by atoms with E-state index >= 15 is 0 Å². The summed E-state index contributed by atoms with van der Waals surface area (Å²) in [5, 5.41) is 0.413. The Hall–Kier alpha value is -2.58. The summed E-state index contributed by atoms with van der Waals surface area (Å²) in [6, 6.07) is 6.03. The number of benzene rings is 1. The Bertz CT molecular complexity index is 1210. The van der Waals surface area contributed by atoms with E-state index in [4.69, 9.17) is 17.3 Å². The van der Waals surface area contributed by atoms with Gasteiger partial charge in [-0.05, 0) is 36.6 Å². The minimum atomic E-state index is -0.400. The van der Waals surface area contributed by atoms with E-state index in [1.54, 1.807) is 7.05 Å². The van der Waals surface area contributed by atoms with Crippen LogP contribution in [0.3, 0.4) is 0 Å². The van der Waals surface area contributed by atoms with Crippen molar-refractivity contribution in [1.29, 1.82) is 0 Å². The van der Waals surface area contributed by atoms with Crippen LogP contribution in [0.4, 0.5) is 10.2 Å². The summed E-state index contributed by atoms with van der Waals surface area (Å²) in [4.78, 5) is 27.5. The van der Waals surface area contributed by atoms with Crippen LogP contribution in [0.2, 0.25) is 5.02 Å². The van der Waals surface area contributed by atoms with Crippen molar-refractivity contribution in [3.8, 4) is 0 Å². The smallest absolute Gasteiger partial charge is 0.331 e. The van der Waals surface area contributed by atoms with Crippen LogP contribution in [0.1, 0.15) is 18.4 Å². The van der Waals surface area contributed by atoms with Gasteiger partial charge in [-0.15, -0.1) is 0 Å². The first kappa shape index (κ1) is 19.7. The van der Waals surface area contributed by atoms with Crippen LogP contribution >= 0.6 is 11.6 Å². The molecular formula is C20H23ClFN5O2. The number of nitrogens with zero attached hydrogens (tertiary/aromatic N) is 4. The Labute approximate surface area is 171 Å². The van der Waals surface area contributed by atoms with E-state index in [0.29, 0.717) is 28.2 Å². The van der Waals surface area contributed by atoms with Crippen LogP contribution in [0, 0.1) is 5.82 Å². The summed E-state index contributed by atoms with van der Waals surface area (Å²) in [5.74, 6) is 0.372. The fraction of sp³-hybridized carbons (Fsp3) is 0.400. The largest absolute Gasteiger partial charge is 0.356 e. The van der Waals surface area contributed by atoms with E-state index in [2.05, 4.69) is 4.90 Å². The van der Waals surface area contributed by atoms with Gasteiger partial charge >= 0.3 is 5.69 Å². The normalized spacial score (nSPS) is 17.3. The molecule has 0 bridgehead atoms. The predicted molar refractivity (Wildman–Crippen MR) is 112 cm³/mol. The molecule has 3 heterocycles. The van der Waals surface area contributed by atoms with Crippen molar-refractivity contribution in [2.24, 2.45) is 19.8 Å². The second kappa shape index (κ2) is 7.35. The molecule has 0 aliphatic carbocycles. The van der Waals surface area contributed by atoms with Crippen LogP contribution < -0.4 is 21.9 Å². The van der Waals surface area contributed by atoms with Gasteiger partial charge in [0.05, 0.1) is 12.1 Å². The zero-order valence-electron chi connectivity index (χ0n) is 16.4. The third-order valence-corrected chi connectivity index (χ3v) is 5.98. The molecule has 1 aromatic carbocycles. The summed E-state index contributed by atoms with van der Waals surface area (Å²) in [6.07, 6.45) is 1.87. The topological polar surface area (TPSA) is 78.2 Å². The highest BCUT2D eigenvalue weighted by atomic mass is 35.5. The predicted octanol–water partition coefficient (Wildman–Crippen LogP) is 1.81. The molecule has 0 saturated carbocycles. The van der Waals surface area contributed by atoms with E-state index in [0.717, 1.165) is 29.8 Å². The van der Waals surface area contributed by atoms with E-state index in [-0.39, 0.29) is 12.6 Å². The van der Waals surface area contributed by atoms with Gasteiger partial charge in [-0.3, -0.25) is 13.9 Å². The molecule has 1 aliphatic rings. The maximum Gasteiger partial charge on any atom is 0.331 e. The average molecular weight is 420 g/mol. The molecule has 2 N–H and O–H groups in total. The molecule has 0 amide bonds. The fourth-order valence-corrected chi connectivity index (χ4v) is 4.23. The molecule has 3 aromatic rings. The van der Waals surface area contributed by atoms with Gasteiger partial charge in [-0.25, -0.2) is 9.18 Å². The summed E-state index contributed by atoms with van der Waals surface area (Å²) in [6.45, 7) is 1.63. The highest BCUT2D eigenvalue weighted by molar-refractivity contribution is 6.31. The van der Waals surface area contributed by atoms with E-state index in [1.807, 2.05) is 10.6 Å². The lowest BCUT2D eigenvalue weighted by Gasteiger charge is -2.33. The first-order chi connectivity index (χ1) is 13.8. The number of nitrogens with two attached hydrogens (primary N) is 1. The summed E-state index contributed by atoms with van der Waals surface area (Å²) in [5.41, 5.74) is 6.84. The summed E-state index contributed by atoms with van der Waals surface area (Å²) >= 11 is 6.30. The Morgan fingerprint density at radius 2 is 1.97 bits per heavy atom. The molecule has 154 valence electrons. The first-order valence-corrected chi connectivity index (χ1v) is 9.89. The molecule has 4 rings (SSSR count). The van der Waals surface area contributed by atoms with Crippen molar-refractivity contribution in [2.75, 3.05) is 18.0 Å². The number of hydrogen-bond acceptors (Lipinski definition) is 4.